The molecule has 3 rings (SSSR count). The molecule has 1 heterocycles. The van der Waals surface area contributed by atoms with Gasteiger partial charge in [0.1, 0.15) is 5.01 Å². The minimum Gasteiger partial charge on any atom is -0.481 e. The van der Waals surface area contributed by atoms with Crippen molar-refractivity contribution < 1.29 is 9.90 Å². The summed E-state index contributed by atoms with van der Waals surface area (Å²) in [5, 5.41) is 10.5. The highest BCUT2D eigenvalue weighted by molar-refractivity contribution is 7.19. The fraction of sp³-hybridized carbons (Fsp3) is 0.111. The van der Waals surface area contributed by atoms with Gasteiger partial charge < -0.3 is 5.11 Å². The molecule has 0 amide bonds. The van der Waals surface area contributed by atoms with Crippen molar-refractivity contribution in [1.29, 1.82) is 0 Å². The number of para-hydroxylation sites is 1. The van der Waals surface area contributed by atoms with Crippen molar-refractivity contribution in [3.63, 3.8) is 0 Å². The minimum absolute atomic E-state index is 0.0718. The Morgan fingerprint density at radius 2 is 2.00 bits per heavy atom. The van der Waals surface area contributed by atoms with Crippen molar-refractivity contribution in [1.82, 2.24) is 4.98 Å². The zero-order valence-corrected chi connectivity index (χ0v) is 13.8. The Morgan fingerprint density at radius 1 is 1.17 bits per heavy atom. The Kier molecular flexibility index (Phi) is 4.74. The summed E-state index contributed by atoms with van der Waals surface area (Å²) in [4.78, 5) is 15.6. The Morgan fingerprint density at radius 3 is 2.74 bits per heavy atom. The molecule has 0 aliphatic carbocycles. The molecular weight excluding hydrogens is 330 g/mol. The smallest absolute Gasteiger partial charge is 0.303 e. The molecule has 0 spiro atoms. The number of hydrogen-bond donors (Lipinski definition) is 1. The monoisotopic (exact) mass is 343 g/mol. The number of benzene rings is 2. The number of aromatic nitrogens is 1. The van der Waals surface area contributed by atoms with Gasteiger partial charge in [0.2, 0.25) is 0 Å². The van der Waals surface area contributed by atoms with Gasteiger partial charge in [0.15, 0.2) is 0 Å². The maximum absolute atomic E-state index is 10.9. The number of thiazole rings is 1. The molecule has 0 aliphatic rings. The Labute approximate surface area is 142 Å². The molecule has 5 heteroatoms. The van der Waals surface area contributed by atoms with E-state index in [1.807, 2.05) is 54.6 Å². The van der Waals surface area contributed by atoms with E-state index >= 15 is 0 Å². The molecule has 0 aliphatic heterocycles. The summed E-state index contributed by atoms with van der Waals surface area (Å²) in [6, 6.07) is 15.4. The number of carbonyl (C=O) groups is 1. The summed E-state index contributed by atoms with van der Waals surface area (Å²) < 4.78 is 1.09. The quantitative estimate of drug-likeness (QED) is 0.678. The van der Waals surface area contributed by atoms with Gasteiger partial charge in [-0.25, -0.2) is 4.98 Å². The van der Waals surface area contributed by atoms with Crippen LogP contribution in [0.3, 0.4) is 0 Å². The topological polar surface area (TPSA) is 50.2 Å². The summed E-state index contributed by atoms with van der Waals surface area (Å²) in [7, 11) is 0. The van der Waals surface area contributed by atoms with Crippen LogP contribution in [0.15, 0.2) is 48.5 Å². The van der Waals surface area contributed by atoms with Gasteiger partial charge in [0.05, 0.1) is 10.2 Å². The first-order valence-corrected chi connectivity index (χ1v) is 8.35. The summed E-state index contributed by atoms with van der Waals surface area (Å²) in [6.45, 7) is 0. The number of halogens is 1. The predicted molar refractivity (Wildman–Crippen MR) is 95.8 cm³/mol. The number of hydrogen-bond acceptors (Lipinski definition) is 3. The molecule has 1 N–H and O–H groups in total. The molecule has 0 saturated heterocycles. The standard InChI is InChI=1S/C18H14ClNO2S/c19-14-5-3-4-12(11-14)10-13(8-9-17(21)22)18-20-15-6-1-2-7-16(15)23-18/h1-7,10-11H,8-9H2,(H,21,22)/b13-10-. The number of rotatable bonds is 5. The van der Waals surface area contributed by atoms with Gasteiger partial charge in [-0.3, -0.25) is 4.79 Å². The lowest BCUT2D eigenvalue weighted by Crippen LogP contribution is -1.95. The van der Waals surface area contributed by atoms with Crippen molar-refractivity contribution in [2.75, 3.05) is 0 Å². The second-order valence-corrected chi connectivity index (χ2v) is 6.57. The average Bonchev–Trinajstić information content (AvgIpc) is 2.95. The fourth-order valence-electron chi connectivity index (χ4n) is 2.29. The summed E-state index contributed by atoms with van der Waals surface area (Å²) in [5.41, 5.74) is 2.79. The van der Waals surface area contributed by atoms with Crippen LogP contribution < -0.4 is 0 Å². The Balaban J connectivity index is 2.02. The van der Waals surface area contributed by atoms with Crippen LogP contribution in [0.25, 0.3) is 21.9 Å². The molecule has 23 heavy (non-hydrogen) atoms. The Hall–Kier alpha value is -2.17. The van der Waals surface area contributed by atoms with Gasteiger partial charge in [-0.2, -0.15) is 0 Å². The normalized spacial score (nSPS) is 11.8. The van der Waals surface area contributed by atoms with Crippen molar-refractivity contribution in [2.45, 2.75) is 12.8 Å². The molecule has 0 radical (unpaired) electrons. The van der Waals surface area contributed by atoms with Crippen LogP contribution in [0.2, 0.25) is 5.02 Å². The van der Waals surface area contributed by atoms with Gasteiger partial charge in [0, 0.05) is 11.4 Å². The van der Waals surface area contributed by atoms with E-state index in [2.05, 4.69) is 4.98 Å². The fourth-order valence-corrected chi connectivity index (χ4v) is 3.50. The van der Waals surface area contributed by atoms with Crippen LogP contribution in [-0.4, -0.2) is 16.1 Å². The largest absolute Gasteiger partial charge is 0.481 e. The maximum Gasteiger partial charge on any atom is 0.303 e. The molecule has 0 fully saturated rings. The minimum atomic E-state index is -0.817. The van der Waals surface area contributed by atoms with Crippen LogP contribution in [0.1, 0.15) is 23.4 Å². The van der Waals surface area contributed by atoms with Gasteiger partial charge in [-0.05, 0) is 47.9 Å². The first kappa shape index (κ1) is 15.7. The molecule has 0 bridgehead atoms. The van der Waals surface area contributed by atoms with E-state index in [1.54, 1.807) is 11.3 Å². The van der Waals surface area contributed by atoms with E-state index in [0.29, 0.717) is 11.4 Å². The van der Waals surface area contributed by atoms with Crippen LogP contribution in [-0.2, 0) is 4.79 Å². The van der Waals surface area contributed by atoms with E-state index in [1.165, 1.54) is 0 Å². The maximum atomic E-state index is 10.9. The van der Waals surface area contributed by atoms with Crippen molar-refractivity contribution in [2.24, 2.45) is 0 Å². The van der Waals surface area contributed by atoms with Gasteiger partial charge in [0.25, 0.3) is 0 Å². The lowest BCUT2D eigenvalue weighted by atomic mass is 10.1. The lowest BCUT2D eigenvalue weighted by Gasteiger charge is -2.03. The molecule has 0 atom stereocenters. The molecule has 0 saturated carbocycles. The predicted octanol–water partition coefficient (Wildman–Crippen LogP) is 5.36. The van der Waals surface area contributed by atoms with E-state index < -0.39 is 5.97 Å². The van der Waals surface area contributed by atoms with Crippen molar-refractivity contribution in [3.8, 4) is 0 Å². The van der Waals surface area contributed by atoms with Crippen molar-refractivity contribution in [3.05, 3.63) is 64.1 Å². The van der Waals surface area contributed by atoms with Crippen LogP contribution in [0, 0.1) is 0 Å². The third-order valence-corrected chi connectivity index (χ3v) is 4.71. The van der Waals surface area contributed by atoms with Crippen LogP contribution in [0.5, 0.6) is 0 Å². The first-order valence-electron chi connectivity index (χ1n) is 7.16. The van der Waals surface area contributed by atoms with E-state index in [4.69, 9.17) is 16.7 Å². The van der Waals surface area contributed by atoms with Crippen LogP contribution in [0.4, 0.5) is 0 Å². The molecule has 3 nitrogen and oxygen atoms in total. The Bertz CT molecular complexity index is 852. The highest BCUT2D eigenvalue weighted by Gasteiger charge is 2.11. The number of allylic oxidation sites excluding steroid dienone is 1. The molecule has 116 valence electrons. The zero-order valence-electron chi connectivity index (χ0n) is 12.2. The van der Waals surface area contributed by atoms with Gasteiger partial charge in [-0.15, -0.1) is 11.3 Å². The van der Waals surface area contributed by atoms with Crippen LogP contribution >= 0.6 is 22.9 Å². The third kappa shape index (κ3) is 3.97. The number of aliphatic carboxylic acids is 1. The van der Waals surface area contributed by atoms with E-state index in [9.17, 15) is 4.79 Å². The lowest BCUT2D eigenvalue weighted by molar-refractivity contribution is -0.136. The number of carboxylic acids is 1. The second-order valence-electron chi connectivity index (χ2n) is 5.11. The molecular formula is C18H14ClNO2S. The van der Waals surface area contributed by atoms with E-state index in [-0.39, 0.29) is 6.42 Å². The zero-order chi connectivity index (χ0) is 16.2. The van der Waals surface area contributed by atoms with E-state index in [0.717, 1.165) is 26.4 Å². The summed E-state index contributed by atoms with van der Waals surface area (Å²) >= 11 is 7.60. The second kappa shape index (κ2) is 6.94. The summed E-state index contributed by atoms with van der Waals surface area (Å²) in [6.07, 6.45) is 2.47. The summed E-state index contributed by atoms with van der Waals surface area (Å²) in [5.74, 6) is -0.817. The number of nitrogens with zero attached hydrogens (tertiary/aromatic N) is 1. The first-order chi connectivity index (χ1) is 11.1. The van der Waals surface area contributed by atoms with Gasteiger partial charge in [-0.1, -0.05) is 35.9 Å². The SMILES string of the molecule is O=C(O)CC/C(=C/c1cccc(Cl)c1)c1nc2ccccc2s1. The van der Waals surface area contributed by atoms with Gasteiger partial charge >= 0.3 is 5.97 Å². The van der Waals surface area contributed by atoms with Crippen molar-refractivity contribution >= 4 is 50.8 Å². The highest BCUT2D eigenvalue weighted by atomic mass is 35.5. The molecule has 1 aromatic heterocycles. The molecule has 0 unspecified atom stereocenters. The molecule has 2 aromatic carbocycles. The number of carboxylic acid groups (broad SMARTS) is 1. The average molecular weight is 344 g/mol. The molecule has 3 aromatic rings. The number of fused-ring (bicyclic) bond motifs is 1. The highest BCUT2D eigenvalue weighted by Crippen LogP contribution is 2.31. The third-order valence-electron chi connectivity index (χ3n) is 3.37.